The highest BCUT2D eigenvalue weighted by Gasteiger charge is 2.31. The van der Waals surface area contributed by atoms with Gasteiger partial charge < -0.3 is 29.7 Å². The Morgan fingerprint density at radius 1 is 1.02 bits per heavy atom. The fourth-order valence-electron chi connectivity index (χ4n) is 6.23. The van der Waals surface area contributed by atoms with Gasteiger partial charge in [0, 0.05) is 49.8 Å². The smallest absolute Gasteiger partial charge is 0.258 e. The Hall–Kier alpha value is -3.43. The van der Waals surface area contributed by atoms with Gasteiger partial charge in [-0.3, -0.25) is 14.4 Å². The molecule has 1 aliphatic carbocycles. The van der Waals surface area contributed by atoms with Crippen molar-refractivity contribution in [2.45, 2.75) is 90.4 Å². The van der Waals surface area contributed by atoms with E-state index in [0.29, 0.717) is 42.3 Å². The second-order valence-electron chi connectivity index (χ2n) is 12.9. The van der Waals surface area contributed by atoms with Crippen LogP contribution >= 0.6 is 0 Å². The molecule has 0 radical (unpaired) electrons. The number of hydrogen-bond donors (Lipinski definition) is 2. The number of fused-ring (bicyclic) bond motifs is 1. The van der Waals surface area contributed by atoms with E-state index >= 15 is 0 Å². The van der Waals surface area contributed by atoms with Gasteiger partial charge in [0.05, 0.1) is 30.4 Å². The lowest BCUT2D eigenvalue weighted by molar-refractivity contribution is -0.120. The van der Waals surface area contributed by atoms with E-state index < -0.39 is 6.04 Å². The third-order valence-corrected chi connectivity index (χ3v) is 9.12. The van der Waals surface area contributed by atoms with Gasteiger partial charge in [-0.1, -0.05) is 44.4 Å². The number of anilines is 1. The van der Waals surface area contributed by atoms with E-state index in [4.69, 9.17) is 9.47 Å². The quantitative estimate of drug-likeness (QED) is 0.406. The molecule has 2 aromatic rings. The maximum absolute atomic E-state index is 14.3. The number of aliphatic hydroxyl groups is 1. The zero-order valence-corrected chi connectivity index (χ0v) is 27.4. The second-order valence-corrected chi connectivity index (χ2v) is 12.9. The molecule has 246 valence electrons. The Kier molecular flexibility index (Phi) is 12.8. The van der Waals surface area contributed by atoms with Gasteiger partial charge >= 0.3 is 0 Å². The fraction of sp³-hybridized carbons (Fsp3) is 0.583. The molecule has 0 saturated heterocycles. The molecule has 4 atom stereocenters. The molecule has 2 aliphatic rings. The number of hydrogen-bond acceptors (Lipinski definition) is 6. The first kappa shape index (κ1) is 34.4. The van der Waals surface area contributed by atoms with Crippen molar-refractivity contribution < 1.29 is 29.0 Å². The molecule has 1 saturated carbocycles. The molecule has 0 bridgehead atoms. The molecule has 9 heteroatoms. The number of aliphatic hydroxyl groups excluding tert-OH is 1. The van der Waals surface area contributed by atoms with Crippen LogP contribution in [0.15, 0.2) is 48.5 Å². The first-order chi connectivity index (χ1) is 21.7. The van der Waals surface area contributed by atoms with Crippen LogP contribution in [0.1, 0.15) is 92.9 Å². The molecule has 2 N–H and O–H groups in total. The molecular formula is C36H51N3O6. The van der Waals surface area contributed by atoms with Crippen LogP contribution in [0.2, 0.25) is 0 Å². The van der Waals surface area contributed by atoms with Crippen molar-refractivity contribution >= 4 is 23.4 Å². The molecular weight excluding hydrogens is 570 g/mol. The number of carbonyl (C=O) groups excluding carboxylic acids is 3. The minimum absolute atomic E-state index is 0.0133. The summed E-state index contributed by atoms with van der Waals surface area (Å²) in [6.45, 7) is 6.78. The van der Waals surface area contributed by atoms with Crippen molar-refractivity contribution in [3.63, 3.8) is 0 Å². The molecule has 9 nitrogen and oxygen atoms in total. The fourth-order valence-corrected chi connectivity index (χ4v) is 6.23. The van der Waals surface area contributed by atoms with Gasteiger partial charge in [0.1, 0.15) is 5.75 Å². The number of nitrogens with zero attached hydrogens (tertiary/aromatic N) is 2. The first-order valence-corrected chi connectivity index (χ1v) is 16.6. The van der Waals surface area contributed by atoms with Gasteiger partial charge in [-0.05, 0) is 76.3 Å². The molecule has 2 aromatic carbocycles. The van der Waals surface area contributed by atoms with E-state index in [1.165, 1.54) is 0 Å². The van der Waals surface area contributed by atoms with Crippen molar-refractivity contribution in [1.82, 2.24) is 9.80 Å². The summed E-state index contributed by atoms with van der Waals surface area (Å²) < 4.78 is 12.7. The van der Waals surface area contributed by atoms with E-state index in [0.717, 1.165) is 51.4 Å². The van der Waals surface area contributed by atoms with Gasteiger partial charge in [0.2, 0.25) is 5.91 Å². The highest BCUT2D eigenvalue weighted by atomic mass is 16.5. The van der Waals surface area contributed by atoms with E-state index in [-0.39, 0.29) is 48.4 Å². The second kappa shape index (κ2) is 16.8. The van der Waals surface area contributed by atoms with Crippen molar-refractivity contribution in [3.05, 3.63) is 59.7 Å². The number of nitrogens with one attached hydrogen (secondary N) is 1. The summed E-state index contributed by atoms with van der Waals surface area (Å²) in [4.78, 5) is 43.9. The summed E-state index contributed by atoms with van der Waals surface area (Å²) in [5.74, 6) is -0.108. The van der Waals surface area contributed by atoms with Crippen molar-refractivity contribution in [1.29, 1.82) is 0 Å². The summed E-state index contributed by atoms with van der Waals surface area (Å²) >= 11 is 0. The summed E-state index contributed by atoms with van der Waals surface area (Å²) in [7, 11) is 1.77. The van der Waals surface area contributed by atoms with Crippen LogP contribution in [-0.2, 0) is 9.53 Å². The molecule has 0 spiro atoms. The van der Waals surface area contributed by atoms with E-state index in [2.05, 4.69) is 5.32 Å². The normalized spacial score (nSPS) is 22.8. The predicted octanol–water partition coefficient (Wildman–Crippen LogP) is 5.77. The number of rotatable bonds is 7. The lowest BCUT2D eigenvalue weighted by Crippen LogP contribution is -2.48. The minimum Gasteiger partial charge on any atom is -0.490 e. The van der Waals surface area contributed by atoms with Crippen LogP contribution in [0.3, 0.4) is 0 Å². The SMILES string of the molecule is C[C@@H]1CCCCO[C@H](CN(C)C(=O)c2ccccc2)[C@@H](C)CN([C@H](C)CO)C(=O)c2cc(NC(=O)C3CCCCC3)ccc2O1. The maximum Gasteiger partial charge on any atom is 0.258 e. The van der Waals surface area contributed by atoms with E-state index in [1.807, 2.05) is 39.0 Å². The molecule has 1 aliphatic heterocycles. The van der Waals surface area contributed by atoms with Gasteiger partial charge in [0.15, 0.2) is 0 Å². The topological polar surface area (TPSA) is 108 Å². The van der Waals surface area contributed by atoms with Crippen molar-refractivity contribution in [3.8, 4) is 5.75 Å². The third-order valence-electron chi connectivity index (χ3n) is 9.12. The van der Waals surface area contributed by atoms with Gasteiger partial charge in [-0.15, -0.1) is 0 Å². The predicted molar refractivity (Wildman–Crippen MR) is 175 cm³/mol. The number of ether oxygens (including phenoxy) is 2. The Morgan fingerprint density at radius 3 is 2.44 bits per heavy atom. The number of benzene rings is 2. The monoisotopic (exact) mass is 621 g/mol. The van der Waals surface area contributed by atoms with Gasteiger partial charge in [0.25, 0.3) is 11.8 Å². The Balaban J connectivity index is 1.61. The molecule has 0 unspecified atom stereocenters. The third kappa shape index (κ3) is 9.53. The Morgan fingerprint density at radius 2 is 1.73 bits per heavy atom. The number of carbonyl (C=O) groups is 3. The van der Waals surface area contributed by atoms with Gasteiger partial charge in [-0.25, -0.2) is 0 Å². The van der Waals surface area contributed by atoms with Crippen LogP contribution in [0.4, 0.5) is 5.69 Å². The molecule has 45 heavy (non-hydrogen) atoms. The number of amides is 3. The first-order valence-electron chi connectivity index (χ1n) is 16.6. The average molecular weight is 622 g/mol. The molecule has 4 rings (SSSR count). The Bertz CT molecular complexity index is 1260. The largest absolute Gasteiger partial charge is 0.490 e. The highest BCUT2D eigenvalue weighted by molar-refractivity contribution is 6.00. The summed E-state index contributed by atoms with van der Waals surface area (Å²) in [5.41, 5.74) is 1.51. The van der Waals surface area contributed by atoms with Crippen molar-refractivity contribution in [2.24, 2.45) is 11.8 Å². The Labute approximate surface area is 268 Å². The summed E-state index contributed by atoms with van der Waals surface area (Å²) in [6, 6.07) is 14.0. The van der Waals surface area contributed by atoms with Crippen LogP contribution in [0, 0.1) is 11.8 Å². The van der Waals surface area contributed by atoms with Crippen LogP contribution in [0.5, 0.6) is 5.75 Å². The van der Waals surface area contributed by atoms with Crippen LogP contribution in [0.25, 0.3) is 0 Å². The molecule has 0 aromatic heterocycles. The lowest BCUT2D eigenvalue weighted by Gasteiger charge is -2.36. The zero-order valence-electron chi connectivity index (χ0n) is 27.4. The minimum atomic E-state index is -0.483. The van der Waals surface area contributed by atoms with E-state index in [9.17, 15) is 19.5 Å². The van der Waals surface area contributed by atoms with Crippen molar-refractivity contribution in [2.75, 3.05) is 38.7 Å². The van der Waals surface area contributed by atoms with E-state index in [1.54, 1.807) is 47.2 Å². The number of likely N-dealkylation sites (N-methyl/N-ethyl adjacent to an activating group) is 1. The molecule has 3 amide bonds. The zero-order chi connectivity index (χ0) is 32.3. The standard InChI is InChI=1S/C36H51N3O6/c1-25-22-39(26(2)24-40)36(43)31-21-30(37-34(41)28-14-7-5-8-15-28)18-19-32(31)45-27(3)13-11-12-20-44-33(25)23-38(4)35(42)29-16-9-6-10-17-29/h6,9-10,16-19,21,25-28,33,40H,5,7-8,11-15,20,22-24H2,1-4H3,(H,37,41)/t25-,26+,27+,33+/m0/s1. The molecule has 1 heterocycles. The highest BCUT2D eigenvalue weighted by Crippen LogP contribution is 2.30. The van der Waals surface area contributed by atoms with Crippen LogP contribution < -0.4 is 10.1 Å². The molecule has 1 fully saturated rings. The summed E-state index contributed by atoms with van der Waals surface area (Å²) in [6.07, 6.45) is 7.05. The lowest BCUT2D eigenvalue weighted by atomic mass is 9.88. The summed E-state index contributed by atoms with van der Waals surface area (Å²) in [5, 5.41) is 13.3. The van der Waals surface area contributed by atoms with Gasteiger partial charge in [-0.2, -0.15) is 0 Å². The van der Waals surface area contributed by atoms with Crippen LogP contribution in [-0.4, -0.2) is 84.2 Å². The maximum atomic E-state index is 14.3. The average Bonchev–Trinajstić information content (AvgIpc) is 3.06.